The molecule has 1 heterocycles. The van der Waals surface area contributed by atoms with Crippen molar-refractivity contribution in [3.05, 3.63) is 24.0 Å². The lowest BCUT2D eigenvalue weighted by Gasteiger charge is -2.20. The Bertz CT molecular complexity index is 596. The maximum atomic E-state index is 11.8. The molecule has 0 aromatic carbocycles. The van der Waals surface area contributed by atoms with Gasteiger partial charge in [0, 0.05) is 24.5 Å². The van der Waals surface area contributed by atoms with Crippen molar-refractivity contribution in [3.8, 4) is 0 Å². The number of hydrogen-bond acceptors (Lipinski definition) is 7. The molecule has 1 amide bonds. The van der Waals surface area contributed by atoms with Crippen molar-refractivity contribution in [1.82, 2.24) is 15.8 Å². The molecule has 0 bridgehead atoms. The molecule has 11 heteroatoms. The first-order chi connectivity index (χ1) is 9.83. The van der Waals surface area contributed by atoms with Crippen LogP contribution in [0, 0.1) is 5.92 Å². The zero-order valence-corrected chi connectivity index (χ0v) is 14.6. The Balaban J connectivity index is 0. The first-order valence-corrected chi connectivity index (χ1v) is 7.65. The lowest BCUT2D eigenvalue weighted by molar-refractivity contribution is -0.132. The number of rotatable bonds is 7. The van der Waals surface area contributed by atoms with E-state index in [2.05, 4.69) is 14.5 Å². The minimum Gasteiger partial charge on any atom is -0.412 e. The number of hydrogen-bond donors (Lipinski definition) is 3. The van der Waals surface area contributed by atoms with Crippen LogP contribution in [0.1, 0.15) is 19.4 Å². The fourth-order valence-electron chi connectivity index (χ4n) is 1.80. The van der Waals surface area contributed by atoms with Gasteiger partial charge >= 0.3 is 0 Å². The molecular weight excluding hydrogens is 350 g/mol. The van der Waals surface area contributed by atoms with E-state index in [1.165, 1.54) is 18.5 Å². The van der Waals surface area contributed by atoms with Crippen molar-refractivity contribution in [3.63, 3.8) is 0 Å². The molecule has 1 aromatic heterocycles. The number of carbonyl (C=O) groups is 1. The topological polar surface area (TPSA) is 149 Å². The molecule has 23 heavy (non-hydrogen) atoms. The normalized spacial score (nSPS) is 12.0. The van der Waals surface area contributed by atoms with Gasteiger partial charge in [0.05, 0.1) is 13.2 Å². The first kappa shape index (κ1) is 24.0. The summed E-state index contributed by atoms with van der Waals surface area (Å²) in [6, 6.07) is 0.653. The van der Waals surface area contributed by atoms with Gasteiger partial charge in [0.25, 0.3) is 16.0 Å². The third kappa shape index (κ3) is 6.37. The molecule has 0 aliphatic heterocycles. The van der Waals surface area contributed by atoms with Gasteiger partial charge in [0.15, 0.2) is 0 Å². The van der Waals surface area contributed by atoms with Crippen molar-refractivity contribution in [2.45, 2.75) is 31.3 Å². The standard InChI is InChI=1S/C12H19N3O5S.ClH.H2O/c1-8(2)11(12(16)15-17)14-7-9-6-13-5-4-10(9)21(18,19)20-3;;/h4-6,8,11,14,17H,7H2,1-3H3,(H,15,16);1H;1H2/t11-;;/m1../s1. The van der Waals surface area contributed by atoms with E-state index in [1.54, 1.807) is 19.3 Å². The van der Waals surface area contributed by atoms with Crippen molar-refractivity contribution in [1.29, 1.82) is 0 Å². The predicted octanol–water partition coefficient (Wildman–Crippen LogP) is -0.367. The smallest absolute Gasteiger partial charge is 0.297 e. The number of halogens is 1. The molecule has 134 valence electrons. The van der Waals surface area contributed by atoms with E-state index >= 15 is 0 Å². The Morgan fingerprint density at radius 3 is 2.52 bits per heavy atom. The van der Waals surface area contributed by atoms with E-state index in [9.17, 15) is 13.2 Å². The van der Waals surface area contributed by atoms with E-state index in [-0.39, 0.29) is 35.2 Å². The lowest BCUT2D eigenvalue weighted by atomic mass is 10.0. The van der Waals surface area contributed by atoms with Gasteiger partial charge in [-0.1, -0.05) is 13.8 Å². The quantitative estimate of drug-likeness (QED) is 0.336. The largest absolute Gasteiger partial charge is 0.412 e. The molecule has 0 saturated carbocycles. The minimum atomic E-state index is -3.85. The van der Waals surface area contributed by atoms with Crippen LogP contribution in [-0.4, -0.2) is 43.1 Å². The van der Waals surface area contributed by atoms with Crippen molar-refractivity contribution >= 4 is 28.4 Å². The number of aromatic nitrogens is 1. The minimum absolute atomic E-state index is 0. The summed E-state index contributed by atoms with van der Waals surface area (Å²) < 4.78 is 28.1. The van der Waals surface area contributed by atoms with Crippen LogP contribution in [-0.2, 0) is 25.6 Å². The molecule has 1 rings (SSSR count). The van der Waals surface area contributed by atoms with Crippen LogP contribution in [0.5, 0.6) is 0 Å². The lowest BCUT2D eigenvalue weighted by Crippen LogP contribution is -2.46. The molecule has 0 aliphatic rings. The summed E-state index contributed by atoms with van der Waals surface area (Å²) in [4.78, 5) is 15.4. The van der Waals surface area contributed by atoms with Gasteiger partial charge in [-0.2, -0.15) is 8.42 Å². The molecule has 0 saturated heterocycles. The summed E-state index contributed by atoms with van der Waals surface area (Å²) in [7, 11) is -2.78. The third-order valence-electron chi connectivity index (χ3n) is 2.92. The second kappa shape index (κ2) is 10.5. The van der Waals surface area contributed by atoms with E-state index in [4.69, 9.17) is 5.21 Å². The Morgan fingerprint density at radius 1 is 1.43 bits per heavy atom. The molecular formula is C12H22ClN3O6S. The molecule has 9 nitrogen and oxygen atoms in total. The highest BCUT2D eigenvalue weighted by atomic mass is 35.5. The van der Waals surface area contributed by atoms with Gasteiger partial charge in [0.1, 0.15) is 4.90 Å². The molecule has 0 unspecified atom stereocenters. The van der Waals surface area contributed by atoms with Crippen molar-refractivity contribution in [2.75, 3.05) is 7.11 Å². The van der Waals surface area contributed by atoms with Crippen LogP contribution in [0.15, 0.2) is 23.4 Å². The second-order valence-corrected chi connectivity index (χ2v) is 6.36. The summed E-state index contributed by atoms with van der Waals surface area (Å²) in [6.45, 7) is 3.67. The fourth-order valence-corrected chi connectivity index (χ4v) is 2.65. The first-order valence-electron chi connectivity index (χ1n) is 6.24. The van der Waals surface area contributed by atoms with Gasteiger partial charge in [-0.05, 0) is 12.0 Å². The van der Waals surface area contributed by atoms with Crippen LogP contribution in [0.4, 0.5) is 0 Å². The van der Waals surface area contributed by atoms with Crippen molar-refractivity contribution in [2.24, 2.45) is 5.92 Å². The molecule has 1 aromatic rings. The zero-order valence-electron chi connectivity index (χ0n) is 12.9. The van der Waals surface area contributed by atoms with Crippen LogP contribution < -0.4 is 10.8 Å². The average molecular weight is 372 g/mol. The second-order valence-electron chi connectivity index (χ2n) is 4.68. The highest BCUT2D eigenvalue weighted by Crippen LogP contribution is 2.16. The Kier molecular flexibility index (Phi) is 10.9. The molecule has 0 spiro atoms. The molecule has 0 radical (unpaired) electrons. The third-order valence-corrected chi connectivity index (χ3v) is 4.30. The fraction of sp³-hybridized carbons (Fsp3) is 0.500. The van der Waals surface area contributed by atoms with E-state index in [1.807, 2.05) is 0 Å². The Labute approximate surface area is 141 Å². The Morgan fingerprint density at radius 2 is 2.04 bits per heavy atom. The van der Waals surface area contributed by atoms with Gasteiger partial charge in [-0.25, -0.2) is 5.48 Å². The summed E-state index contributed by atoms with van der Waals surface area (Å²) in [5.74, 6) is -0.693. The summed E-state index contributed by atoms with van der Waals surface area (Å²) in [5.41, 5.74) is 1.95. The van der Waals surface area contributed by atoms with Crippen LogP contribution in [0.25, 0.3) is 0 Å². The van der Waals surface area contributed by atoms with E-state index in [0.29, 0.717) is 5.56 Å². The average Bonchev–Trinajstić information content (AvgIpc) is 2.47. The number of carbonyl (C=O) groups excluding carboxylic acids is 1. The monoisotopic (exact) mass is 371 g/mol. The van der Waals surface area contributed by atoms with Gasteiger partial charge in [0.2, 0.25) is 0 Å². The Hall–Kier alpha value is -1.30. The van der Waals surface area contributed by atoms with Crippen molar-refractivity contribution < 1.29 is 28.1 Å². The zero-order chi connectivity index (χ0) is 16.0. The number of pyridine rings is 1. The number of nitrogens with zero attached hydrogens (tertiary/aromatic N) is 1. The SMILES string of the molecule is COS(=O)(=O)c1ccncc1CN[C@@H](C(=O)NO)C(C)C.Cl.O. The highest BCUT2D eigenvalue weighted by Gasteiger charge is 2.23. The molecule has 1 atom stereocenters. The van der Waals surface area contributed by atoms with E-state index in [0.717, 1.165) is 7.11 Å². The number of nitrogens with one attached hydrogen (secondary N) is 2. The summed E-state index contributed by atoms with van der Waals surface area (Å²) in [5, 5.41) is 11.6. The molecule has 5 N–H and O–H groups in total. The van der Waals surface area contributed by atoms with E-state index < -0.39 is 22.1 Å². The summed E-state index contributed by atoms with van der Waals surface area (Å²) >= 11 is 0. The number of hydroxylamine groups is 1. The molecule has 0 fully saturated rings. The van der Waals surface area contributed by atoms with Crippen LogP contribution >= 0.6 is 12.4 Å². The predicted molar refractivity (Wildman–Crippen MR) is 84.7 cm³/mol. The van der Waals surface area contributed by atoms with Crippen LogP contribution in [0.3, 0.4) is 0 Å². The summed E-state index contributed by atoms with van der Waals surface area (Å²) in [6.07, 6.45) is 2.73. The molecule has 0 aliphatic carbocycles. The maximum Gasteiger partial charge on any atom is 0.297 e. The van der Waals surface area contributed by atoms with Gasteiger partial charge in [-0.15, -0.1) is 12.4 Å². The number of amides is 1. The van der Waals surface area contributed by atoms with Crippen LogP contribution in [0.2, 0.25) is 0 Å². The van der Waals surface area contributed by atoms with Gasteiger partial charge < -0.3 is 10.8 Å². The van der Waals surface area contributed by atoms with Gasteiger partial charge in [-0.3, -0.25) is 19.2 Å². The highest BCUT2D eigenvalue weighted by molar-refractivity contribution is 7.86. The maximum absolute atomic E-state index is 11.8.